The molecule has 1 aliphatic rings. The molecule has 0 spiro atoms. The van der Waals surface area contributed by atoms with E-state index >= 15 is 0 Å². The van der Waals surface area contributed by atoms with E-state index in [2.05, 4.69) is 4.98 Å². The summed E-state index contributed by atoms with van der Waals surface area (Å²) in [4.78, 5) is 33.2. The Hall–Kier alpha value is -3.73. The molecular formula is C25H21N3O2. The number of hydrogen-bond donors (Lipinski definition) is 0. The Morgan fingerprint density at radius 1 is 0.833 bits per heavy atom. The Balaban J connectivity index is 1.75. The number of pyridine rings is 2. The fourth-order valence-electron chi connectivity index (χ4n) is 4.23. The molecular weight excluding hydrogens is 374 g/mol. The summed E-state index contributed by atoms with van der Waals surface area (Å²) in [5.74, 6) is -0.113. The van der Waals surface area contributed by atoms with Crippen LogP contribution in [0.5, 0.6) is 0 Å². The molecule has 0 fully saturated rings. The highest BCUT2D eigenvalue weighted by Gasteiger charge is 2.29. The van der Waals surface area contributed by atoms with Gasteiger partial charge in [-0.15, -0.1) is 0 Å². The topological polar surface area (TPSA) is 55.2 Å². The molecule has 0 saturated carbocycles. The monoisotopic (exact) mass is 395 g/mol. The highest BCUT2D eigenvalue weighted by Crippen LogP contribution is 2.32. The van der Waals surface area contributed by atoms with Crippen LogP contribution in [0.15, 0.2) is 83.8 Å². The van der Waals surface area contributed by atoms with Gasteiger partial charge in [0.1, 0.15) is 11.2 Å². The summed E-state index contributed by atoms with van der Waals surface area (Å²) in [5, 5.41) is 0.717. The van der Waals surface area contributed by atoms with Crippen molar-refractivity contribution in [3.05, 3.63) is 101 Å². The van der Waals surface area contributed by atoms with E-state index in [1.807, 2.05) is 77.7 Å². The number of benzene rings is 2. The zero-order valence-corrected chi connectivity index (χ0v) is 16.5. The van der Waals surface area contributed by atoms with Crippen molar-refractivity contribution in [3.63, 3.8) is 0 Å². The van der Waals surface area contributed by atoms with Gasteiger partial charge in [0.25, 0.3) is 11.5 Å². The van der Waals surface area contributed by atoms with Crippen molar-refractivity contribution >= 4 is 16.8 Å². The summed E-state index contributed by atoms with van der Waals surface area (Å²) >= 11 is 0. The van der Waals surface area contributed by atoms with Crippen LogP contribution in [0.25, 0.3) is 22.0 Å². The van der Waals surface area contributed by atoms with Gasteiger partial charge in [0.2, 0.25) is 0 Å². The number of carbonyl (C=O) groups is 1. The average molecular weight is 395 g/mol. The molecule has 2 aromatic heterocycles. The molecule has 0 N–H and O–H groups in total. The van der Waals surface area contributed by atoms with Crippen LogP contribution in [0.2, 0.25) is 0 Å². The Kier molecular flexibility index (Phi) is 4.64. The normalized spacial score (nSPS) is 13.9. The lowest BCUT2D eigenvalue weighted by Gasteiger charge is -2.23. The summed E-state index contributed by atoms with van der Waals surface area (Å²) in [5.41, 5.74) is 3.43. The van der Waals surface area contributed by atoms with Crippen LogP contribution in [-0.4, -0.2) is 26.9 Å². The molecule has 5 heteroatoms. The highest BCUT2D eigenvalue weighted by molar-refractivity contribution is 6.07. The first-order chi connectivity index (χ1) is 14.7. The first-order valence-corrected chi connectivity index (χ1v) is 10.1. The molecule has 2 aromatic carbocycles. The molecule has 30 heavy (non-hydrogen) atoms. The van der Waals surface area contributed by atoms with E-state index in [0.717, 1.165) is 28.5 Å². The van der Waals surface area contributed by atoms with E-state index in [0.29, 0.717) is 30.8 Å². The molecule has 1 aliphatic heterocycles. The van der Waals surface area contributed by atoms with Crippen LogP contribution in [-0.2, 0) is 13.1 Å². The molecule has 3 heterocycles. The molecule has 148 valence electrons. The number of rotatable bonds is 3. The fraction of sp³-hybridized carbons (Fsp3) is 0.160. The van der Waals surface area contributed by atoms with Gasteiger partial charge in [0, 0.05) is 36.8 Å². The molecule has 0 bridgehead atoms. The maximum atomic E-state index is 13.8. The van der Waals surface area contributed by atoms with Gasteiger partial charge in [-0.25, -0.2) is 0 Å². The second-order valence-corrected chi connectivity index (χ2v) is 7.51. The third-order valence-corrected chi connectivity index (χ3v) is 5.61. The molecule has 0 saturated heterocycles. The molecule has 1 amide bonds. The molecule has 5 rings (SSSR count). The van der Waals surface area contributed by atoms with Crippen LogP contribution in [0.4, 0.5) is 0 Å². The van der Waals surface area contributed by atoms with Crippen molar-refractivity contribution in [2.45, 2.75) is 19.5 Å². The first kappa shape index (κ1) is 18.3. The standard InChI is InChI=1S/C25H21N3O2/c29-24-22-20(13-7-14-26-22)21(19-11-5-2-6-12-19)23-25(30)27(15-8-16-28(23)24)17-18-9-3-1-4-10-18/h1-7,9-14H,8,15-17H2. The van der Waals surface area contributed by atoms with E-state index in [9.17, 15) is 9.59 Å². The Morgan fingerprint density at radius 3 is 2.33 bits per heavy atom. The molecule has 0 aliphatic carbocycles. The number of fused-ring (bicyclic) bond motifs is 2. The number of amides is 1. The lowest BCUT2D eigenvalue weighted by molar-refractivity contribution is 0.0746. The van der Waals surface area contributed by atoms with Gasteiger partial charge in [-0.2, -0.15) is 0 Å². The second kappa shape index (κ2) is 7.59. The first-order valence-electron chi connectivity index (χ1n) is 10.1. The van der Waals surface area contributed by atoms with Crippen molar-refractivity contribution in [3.8, 4) is 11.1 Å². The van der Waals surface area contributed by atoms with Crippen LogP contribution in [0.1, 0.15) is 22.5 Å². The Bertz CT molecular complexity index is 1280. The minimum atomic E-state index is -0.199. The van der Waals surface area contributed by atoms with Crippen LogP contribution < -0.4 is 5.56 Å². The molecule has 0 atom stereocenters. The van der Waals surface area contributed by atoms with E-state index in [-0.39, 0.29) is 11.5 Å². The predicted octanol–water partition coefficient (Wildman–Crippen LogP) is 4.11. The highest BCUT2D eigenvalue weighted by atomic mass is 16.2. The second-order valence-electron chi connectivity index (χ2n) is 7.51. The number of hydrogen-bond acceptors (Lipinski definition) is 3. The minimum Gasteiger partial charge on any atom is -0.333 e. The van der Waals surface area contributed by atoms with Gasteiger partial charge >= 0.3 is 0 Å². The van der Waals surface area contributed by atoms with Gasteiger partial charge in [-0.1, -0.05) is 66.7 Å². The number of aromatic nitrogens is 2. The van der Waals surface area contributed by atoms with Gasteiger partial charge in [-0.05, 0) is 23.6 Å². The SMILES string of the molecule is O=C1c2c(-c3ccccc3)c3cccnc3c(=O)n2CCCN1Cc1ccccc1. The van der Waals surface area contributed by atoms with Gasteiger partial charge in [0.15, 0.2) is 0 Å². The van der Waals surface area contributed by atoms with Crippen molar-refractivity contribution in [1.82, 2.24) is 14.5 Å². The summed E-state index contributed by atoms with van der Waals surface area (Å²) in [7, 11) is 0. The lowest BCUT2D eigenvalue weighted by atomic mass is 9.98. The van der Waals surface area contributed by atoms with E-state index < -0.39 is 0 Å². The molecule has 0 unspecified atom stereocenters. The van der Waals surface area contributed by atoms with Crippen LogP contribution in [0.3, 0.4) is 0 Å². The summed E-state index contributed by atoms with van der Waals surface area (Å²) < 4.78 is 1.63. The van der Waals surface area contributed by atoms with E-state index in [1.54, 1.807) is 10.8 Å². The van der Waals surface area contributed by atoms with Crippen LogP contribution in [0, 0.1) is 0 Å². The fourth-order valence-corrected chi connectivity index (χ4v) is 4.23. The van der Waals surface area contributed by atoms with Gasteiger partial charge in [0.05, 0.1) is 0 Å². The Morgan fingerprint density at radius 2 is 1.57 bits per heavy atom. The van der Waals surface area contributed by atoms with E-state index in [1.165, 1.54) is 0 Å². The van der Waals surface area contributed by atoms with Crippen molar-refractivity contribution < 1.29 is 4.79 Å². The third-order valence-electron chi connectivity index (χ3n) is 5.61. The van der Waals surface area contributed by atoms with Gasteiger partial charge < -0.3 is 9.47 Å². The summed E-state index contributed by atoms with van der Waals surface area (Å²) in [6, 6.07) is 23.5. The predicted molar refractivity (Wildman–Crippen MR) is 117 cm³/mol. The maximum Gasteiger partial charge on any atom is 0.277 e. The Labute approximate surface area is 174 Å². The largest absolute Gasteiger partial charge is 0.333 e. The van der Waals surface area contributed by atoms with Crippen molar-refractivity contribution in [2.75, 3.05) is 6.54 Å². The molecule has 4 aromatic rings. The van der Waals surface area contributed by atoms with Crippen molar-refractivity contribution in [2.24, 2.45) is 0 Å². The maximum absolute atomic E-state index is 13.8. The third kappa shape index (κ3) is 3.08. The van der Waals surface area contributed by atoms with Gasteiger partial charge in [-0.3, -0.25) is 14.6 Å². The average Bonchev–Trinajstić information content (AvgIpc) is 2.95. The minimum absolute atomic E-state index is 0.113. The van der Waals surface area contributed by atoms with Crippen LogP contribution >= 0.6 is 0 Å². The quantitative estimate of drug-likeness (QED) is 0.525. The molecule has 5 nitrogen and oxygen atoms in total. The molecule has 0 radical (unpaired) electrons. The zero-order valence-electron chi connectivity index (χ0n) is 16.5. The van der Waals surface area contributed by atoms with E-state index in [4.69, 9.17) is 0 Å². The smallest absolute Gasteiger partial charge is 0.277 e. The number of carbonyl (C=O) groups excluding carboxylic acids is 1. The lowest BCUT2D eigenvalue weighted by Crippen LogP contribution is -2.33. The van der Waals surface area contributed by atoms with Crippen molar-refractivity contribution in [1.29, 1.82) is 0 Å². The number of nitrogens with zero attached hydrogens (tertiary/aromatic N) is 3. The summed E-state index contributed by atoms with van der Waals surface area (Å²) in [6.07, 6.45) is 2.35. The zero-order chi connectivity index (χ0) is 20.5. The summed E-state index contributed by atoms with van der Waals surface area (Å²) in [6.45, 7) is 1.62.